The minimum absolute atomic E-state index is 0.0188. The Labute approximate surface area is 159 Å². The van der Waals surface area contributed by atoms with E-state index in [2.05, 4.69) is 14.9 Å². The summed E-state index contributed by atoms with van der Waals surface area (Å²) in [6, 6.07) is 2.34. The van der Waals surface area contributed by atoms with Crippen LogP contribution in [0.4, 0.5) is 19.0 Å². The molecule has 7 nitrogen and oxygen atoms in total. The van der Waals surface area contributed by atoms with Gasteiger partial charge in [-0.2, -0.15) is 13.2 Å². The average molecular weight is 398 g/mol. The number of nitrogens with zero attached hydrogens (tertiary/aromatic N) is 4. The van der Waals surface area contributed by atoms with Crippen LogP contribution in [-0.4, -0.2) is 48.2 Å². The van der Waals surface area contributed by atoms with Gasteiger partial charge in [-0.25, -0.2) is 9.97 Å². The number of hydrogen-bond donors (Lipinski definition) is 0. The van der Waals surface area contributed by atoms with Gasteiger partial charge in [-0.3, -0.25) is 9.69 Å². The van der Waals surface area contributed by atoms with Crippen LogP contribution in [0.1, 0.15) is 24.3 Å². The summed E-state index contributed by atoms with van der Waals surface area (Å²) in [6.45, 7) is 1.84. The second-order valence-corrected chi connectivity index (χ2v) is 6.68. The van der Waals surface area contributed by atoms with E-state index in [1.165, 1.54) is 19.4 Å². The molecule has 0 aliphatic carbocycles. The molecule has 3 rings (SSSR count). The van der Waals surface area contributed by atoms with E-state index in [-0.39, 0.29) is 23.0 Å². The first-order valence-corrected chi connectivity index (χ1v) is 8.78. The van der Waals surface area contributed by atoms with Crippen molar-refractivity contribution in [2.24, 2.45) is 0 Å². The van der Waals surface area contributed by atoms with Gasteiger partial charge in [0.1, 0.15) is 29.9 Å². The van der Waals surface area contributed by atoms with Gasteiger partial charge in [0.2, 0.25) is 11.2 Å². The third-order valence-corrected chi connectivity index (χ3v) is 4.78. The van der Waals surface area contributed by atoms with Gasteiger partial charge in [0.05, 0.1) is 13.7 Å². The lowest BCUT2D eigenvalue weighted by atomic mass is 10.0. The normalized spacial score (nSPS) is 18.1. The topological polar surface area (TPSA) is 71.7 Å². The number of likely N-dealkylation sites (N-methyl/N-ethyl adjacent to an activating group) is 1. The van der Waals surface area contributed by atoms with Crippen LogP contribution in [0.15, 0.2) is 33.9 Å². The zero-order valence-electron chi connectivity index (χ0n) is 15.6. The van der Waals surface area contributed by atoms with E-state index in [9.17, 15) is 18.0 Å². The van der Waals surface area contributed by atoms with E-state index < -0.39 is 11.9 Å². The van der Waals surface area contributed by atoms with Crippen molar-refractivity contribution < 1.29 is 22.3 Å². The lowest BCUT2D eigenvalue weighted by Crippen LogP contribution is -2.46. The van der Waals surface area contributed by atoms with Crippen LogP contribution >= 0.6 is 0 Å². The summed E-state index contributed by atoms with van der Waals surface area (Å²) in [5, 5.41) is 0. The first-order valence-electron chi connectivity index (χ1n) is 8.78. The molecular weight excluding hydrogens is 377 g/mol. The summed E-state index contributed by atoms with van der Waals surface area (Å²) in [4.78, 5) is 23.0. The zero-order valence-corrected chi connectivity index (χ0v) is 15.6. The van der Waals surface area contributed by atoms with Gasteiger partial charge in [-0.05, 0) is 19.4 Å². The highest BCUT2D eigenvalue weighted by Gasteiger charge is 2.34. The molecule has 1 saturated heterocycles. The van der Waals surface area contributed by atoms with Crippen LogP contribution in [0.25, 0.3) is 0 Å². The first-order chi connectivity index (χ1) is 13.3. The standard InChI is InChI=1S/C18H21F3N4O3/c1-24(17-7-16(18(19,20)21)22-11-23-17)12-4-3-5-25(8-12)9-13-6-14(26)15(27-2)10-28-13/h6-7,10-12H,3-5,8-9H2,1-2H3. The highest BCUT2D eigenvalue weighted by Crippen LogP contribution is 2.30. The van der Waals surface area contributed by atoms with E-state index in [0.29, 0.717) is 18.8 Å². The Balaban J connectivity index is 1.69. The first kappa shape index (κ1) is 20.1. The maximum atomic E-state index is 12.9. The van der Waals surface area contributed by atoms with Crippen LogP contribution in [-0.2, 0) is 12.7 Å². The van der Waals surface area contributed by atoms with Crippen molar-refractivity contribution in [2.75, 3.05) is 32.1 Å². The number of likely N-dealkylation sites (tertiary alicyclic amines) is 1. The predicted molar refractivity (Wildman–Crippen MR) is 95.3 cm³/mol. The van der Waals surface area contributed by atoms with E-state index >= 15 is 0 Å². The number of halogens is 3. The quantitative estimate of drug-likeness (QED) is 0.767. The minimum atomic E-state index is -4.51. The predicted octanol–water partition coefficient (Wildman–Crippen LogP) is 2.56. The van der Waals surface area contributed by atoms with Crippen LogP contribution in [0.2, 0.25) is 0 Å². The zero-order chi connectivity index (χ0) is 20.3. The van der Waals surface area contributed by atoms with Crippen molar-refractivity contribution in [3.05, 3.63) is 46.4 Å². The maximum Gasteiger partial charge on any atom is 0.433 e. The summed E-state index contributed by atoms with van der Waals surface area (Å²) < 4.78 is 49.1. The highest BCUT2D eigenvalue weighted by atomic mass is 19.4. The molecule has 2 aromatic rings. The Bertz CT molecular complexity index is 872. The number of ether oxygens (including phenoxy) is 1. The number of aromatic nitrogens is 2. The van der Waals surface area contributed by atoms with E-state index in [1.54, 1.807) is 11.9 Å². The third-order valence-electron chi connectivity index (χ3n) is 4.78. The van der Waals surface area contributed by atoms with Crippen molar-refractivity contribution in [1.29, 1.82) is 0 Å². The molecule has 1 atom stereocenters. The average Bonchev–Trinajstić information content (AvgIpc) is 2.67. The Hall–Kier alpha value is -2.62. The summed E-state index contributed by atoms with van der Waals surface area (Å²) in [6.07, 6.45) is -0.605. The Morgan fingerprint density at radius 3 is 2.82 bits per heavy atom. The van der Waals surface area contributed by atoms with E-state index in [1.807, 2.05) is 0 Å². The fraction of sp³-hybridized carbons (Fsp3) is 0.500. The molecule has 1 fully saturated rings. The molecule has 10 heteroatoms. The molecular formula is C18H21F3N4O3. The van der Waals surface area contributed by atoms with Crippen LogP contribution in [0, 0.1) is 0 Å². The van der Waals surface area contributed by atoms with E-state index in [4.69, 9.17) is 9.15 Å². The number of rotatable bonds is 5. The third kappa shape index (κ3) is 4.61. The Morgan fingerprint density at radius 2 is 2.14 bits per heavy atom. The molecule has 0 saturated carbocycles. The summed E-state index contributed by atoms with van der Waals surface area (Å²) >= 11 is 0. The van der Waals surface area contributed by atoms with Crippen LogP contribution in [0.5, 0.6) is 5.75 Å². The van der Waals surface area contributed by atoms with Crippen molar-refractivity contribution in [1.82, 2.24) is 14.9 Å². The Morgan fingerprint density at radius 1 is 1.36 bits per heavy atom. The molecule has 1 unspecified atom stereocenters. The monoisotopic (exact) mass is 398 g/mol. The molecule has 3 heterocycles. The van der Waals surface area contributed by atoms with Gasteiger partial charge in [0, 0.05) is 31.8 Å². The number of anilines is 1. The Kier molecular flexibility index (Phi) is 5.87. The molecule has 0 spiro atoms. The summed E-state index contributed by atoms with van der Waals surface area (Å²) in [7, 11) is 3.12. The lowest BCUT2D eigenvalue weighted by molar-refractivity contribution is -0.141. The molecule has 28 heavy (non-hydrogen) atoms. The van der Waals surface area contributed by atoms with Gasteiger partial charge in [0.25, 0.3) is 0 Å². The summed E-state index contributed by atoms with van der Waals surface area (Å²) in [5.74, 6) is 0.880. The van der Waals surface area contributed by atoms with Crippen molar-refractivity contribution >= 4 is 5.82 Å². The van der Waals surface area contributed by atoms with Crippen LogP contribution < -0.4 is 15.1 Å². The fourth-order valence-electron chi connectivity index (χ4n) is 3.26. The second-order valence-electron chi connectivity index (χ2n) is 6.68. The van der Waals surface area contributed by atoms with Crippen LogP contribution in [0.3, 0.4) is 0 Å². The van der Waals surface area contributed by atoms with Crippen molar-refractivity contribution in [3.8, 4) is 5.75 Å². The number of piperidine rings is 1. The number of alkyl halides is 3. The maximum absolute atomic E-state index is 12.9. The van der Waals surface area contributed by atoms with Gasteiger partial charge in [-0.15, -0.1) is 0 Å². The van der Waals surface area contributed by atoms with Gasteiger partial charge >= 0.3 is 6.18 Å². The SMILES string of the molecule is COc1coc(CN2CCCC(N(C)c3cc(C(F)(F)F)ncn3)C2)cc1=O. The number of hydrogen-bond acceptors (Lipinski definition) is 7. The number of methoxy groups -OCH3 is 1. The highest BCUT2D eigenvalue weighted by molar-refractivity contribution is 5.40. The second kappa shape index (κ2) is 8.17. The van der Waals surface area contributed by atoms with Gasteiger partial charge < -0.3 is 14.1 Å². The molecule has 1 aliphatic rings. The molecule has 0 bridgehead atoms. The van der Waals surface area contributed by atoms with Crippen molar-refractivity contribution in [2.45, 2.75) is 31.6 Å². The van der Waals surface area contributed by atoms with E-state index in [0.717, 1.165) is 31.8 Å². The van der Waals surface area contributed by atoms with Gasteiger partial charge in [0.15, 0.2) is 0 Å². The molecule has 1 aliphatic heterocycles. The van der Waals surface area contributed by atoms with Crippen molar-refractivity contribution in [3.63, 3.8) is 0 Å². The fourth-order valence-corrected chi connectivity index (χ4v) is 3.26. The molecule has 0 radical (unpaired) electrons. The summed E-state index contributed by atoms with van der Waals surface area (Å²) in [5.41, 5.74) is -1.22. The molecule has 152 valence electrons. The lowest BCUT2D eigenvalue weighted by Gasteiger charge is -2.38. The molecule has 0 N–H and O–H groups in total. The molecule has 0 amide bonds. The smallest absolute Gasteiger partial charge is 0.433 e. The molecule has 0 aromatic carbocycles. The largest absolute Gasteiger partial charge is 0.490 e. The minimum Gasteiger partial charge on any atom is -0.490 e. The van der Waals surface area contributed by atoms with Gasteiger partial charge in [-0.1, -0.05) is 0 Å². The molecule has 2 aromatic heterocycles.